The Morgan fingerprint density at radius 3 is 2.45 bits per heavy atom. The number of likely N-dealkylation sites (N-methyl/N-ethyl adjacent to an activating group) is 1. The van der Waals surface area contributed by atoms with E-state index in [0.29, 0.717) is 17.0 Å². The first-order valence-corrected chi connectivity index (χ1v) is 16.2. The highest BCUT2D eigenvalue weighted by Gasteiger charge is 2.31. The molecule has 0 saturated heterocycles. The molecule has 1 aliphatic rings. The van der Waals surface area contributed by atoms with Crippen LogP contribution in [0.1, 0.15) is 63.9 Å². The minimum Gasteiger partial charge on any atom is -0.467 e. The highest BCUT2D eigenvalue weighted by Crippen LogP contribution is 2.27. The lowest BCUT2D eigenvalue weighted by atomic mass is 9.84. The molecule has 1 aromatic carbocycles. The van der Waals surface area contributed by atoms with Crippen molar-refractivity contribution in [3.05, 3.63) is 34.9 Å². The SMILES string of the molecule is CCS(=O)(=O)NCCN(C)C(=O)CC[C@H](NC(=O)[C@H](CC1CCCCC1)NC(=O)OCc1cccc(Cl)c1)C(=O)OC. The van der Waals surface area contributed by atoms with Crippen LogP contribution in [-0.2, 0) is 40.5 Å². The first-order chi connectivity index (χ1) is 19.9. The minimum absolute atomic E-state index is 0.0372. The maximum Gasteiger partial charge on any atom is 0.408 e. The van der Waals surface area contributed by atoms with Crippen LogP contribution in [0, 0.1) is 5.92 Å². The van der Waals surface area contributed by atoms with E-state index in [0.717, 1.165) is 32.1 Å². The van der Waals surface area contributed by atoms with E-state index in [-0.39, 0.29) is 50.1 Å². The van der Waals surface area contributed by atoms with Crippen molar-refractivity contribution in [2.45, 2.75) is 77.0 Å². The Morgan fingerprint density at radius 1 is 1.10 bits per heavy atom. The summed E-state index contributed by atoms with van der Waals surface area (Å²) in [7, 11) is -0.681. The Kier molecular flexibility index (Phi) is 15.1. The summed E-state index contributed by atoms with van der Waals surface area (Å²) in [5.41, 5.74) is 0.689. The van der Waals surface area contributed by atoms with Crippen LogP contribution in [0.3, 0.4) is 0 Å². The number of sulfonamides is 1. The third kappa shape index (κ3) is 13.0. The summed E-state index contributed by atoms with van der Waals surface area (Å²) in [6.45, 7) is 1.66. The molecule has 1 aromatic rings. The van der Waals surface area contributed by atoms with Crippen LogP contribution in [0.5, 0.6) is 0 Å². The molecule has 3 amide bonds. The molecular formula is C28H43ClN4O8S. The number of methoxy groups -OCH3 is 1. The van der Waals surface area contributed by atoms with Gasteiger partial charge in [0.25, 0.3) is 0 Å². The van der Waals surface area contributed by atoms with Crippen molar-refractivity contribution in [3.8, 4) is 0 Å². The fourth-order valence-corrected chi connectivity index (χ4v) is 5.48. The van der Waals surface area contributed by atoms with Crippen molar-refractivity contribution < 1.29 is 37.1 Å². The molecular weight excluding hydrogens is 588 g/mol. The fourth-order valence-electron chi connectivity index (χ4n) is 4.67. The van der Waals surface area contributed by atoms with E-state index in [9.17, 15) is 27.6 Å². The summed E-state index contributed by atoms with van der Waals surface area (Å²) in [5.74, 6) is -1.49. The zero-order chi connectivity index (χ0) is 31.1. The molecule has 1 fully saturated rings. The Hall–Kier alpha value is -2.90. The third-order valence-corrected chi connectivity index (χ3v) is 8.82. The van der Waals surface area contributed by atoms with Crippen molar-refractivity contribution in [2.24, 2.45) is 5.92 Å². The van der Waals surface area contributed by atoms with Gasteiger partial charge in [-0.3, -0.25) is 9.59 Å². The number of benzene rings is 1. The van der Waals surface area contributed by atoms with Gasteiger partial charge in [-0.15, -0.1) is 0 Å². The Balaban J connectivity index is 2.00. The second kappa shape index (κ2) is 17.9. The fraction of sp³-hybridized carbons (Fsp3) is 0.643. The predicted molar refractivity (Wildman–Crippen MR) is 158 cm³/mol. The number of rotatable bonds is 16. The Labute approximate surface area is 253 Å². The number of hydrogen-bond donors (Lipinski definition) is 3. The summed E-state index contributed by atoms with van der Waals surface area (Å²) in [6, 6.07) is 4.78. The normalized spacial score (nSPS) is 15.2. The van der Waals surface area contributed by atoms with Crippen LogP contribution in [0.4, 0.5) is 4.79 Å². The van der Waals surface area contributed by atoms with Crippen LogP contribution < -0.4 is 15.4 Å². The average Bonchev–Trinajstić information content (AvgIpc) is 2.97. The summed E-state index contributed by atoms with van der Waals surface area (Å²) in [4.78, 5) is 52.5. The van der Waals surface area contributed by atoms with Crippen LogP contribution in [-0.4, -0.2) is 82.3 Å². The highest BCUT2D eigenvalue weighted by molar-refractivity contribution is 7.89. The summed E-state index contributed by atoms with van der Waals surface area (Å²) < 4.78 is 35.7. The number of carbonyl (C=O) groups is 4. The van der Waals surface area contributed by atoms with E-state index in [1.807, 2.05) is 0 Å². The molecule has 1 saturated carbocycles. The largest absolute Gasteiger partial charge is 0.467 e. The van der Waals surface area contributed by atoms with Gasteiger partial charge >= 0.3 is 12.1 Å². The zero-order valence-electron chi connectivity index (χ0n) is 24.5. The smallest absolute Gasteiger partial charge is 0.408 e. The number of amides is 3. The van der Waals surface area contributed by atoms with Crippen LogP contribution in [0.25, 0.3) is 0 Å². The monoisotopic (exact) mass is 630 g/mol. The molecule has 0 radical (unpaired) electrons. The molecule has 0 aliphatic heterocycles. The molecule has 0 aromatic heterocycles. The zero-order valence-corrected chi connectivity index (χ0v) is 26.1. The molecule has 0 spiro atoms. The first-order valence-electron chi connectivity index (χ1n) is 14.2. The second-order valence-electron chi connectivity index (χ2n) is 10.4. The lowest BCUT2D eigenvalue weighted by Gasteiger charge is -2.27. The van der Waals surface area contributed by atoms with Crippen molar-refractivity contribution in [1.29, 1.82) is 0 Å². The molecule has 1 aliphatic carbocycles. The van der Waals surface area contributed by atoms with E-state index in [1.54, 1.807) is 24.3 Å². The van der Waals surface area contributed by atoms with Gasteiger partial charge in [-0.2, -0.15) is 0 Å². The van der Waals surface area contributed by atoms with Gasteiger partial charge in [-0.25, -0.2) is 22.7 Å². The molecule has 0 bridgehead atoms. The van der Waals surface area contributed by atoms with Crippen LogP contribution in [0.2, 0.25) is 5.02 Å². The van der Waals surface area contributed by atoms with Gasteiger partial charge in [0.05, 0.1) is 12.9 Å². The molecule has 42 heavy (non-hydrogen) atoms. The van der Waals surface area contributed by atoms with E-state index in [2.05, 4.69) is 15.4 Å². The summed E-state index contributed by atoms with van der Waals surface area (Å²) >= 11 is 5.99. The highest BCUT2D eigenvalue weighted by atomic mass is 35.5. The van der Waals surface area contributed by atoms with Gasteiger partial charge in [0.1, 0.15) is 18.7 Å². The van der Waals surface area contributed by atoms with E-state index in [1.165, 1.54) is 26.0 Å². The molecule has 0 unspecified atom stereocenters. The summed E-state index contributed by atoms with van der Waals surface area (Å²) in [5, 5.41) is 5.80. The lowest BCUT2D eigenvalue weighted by Crippen LogP contribution is -2.52. The van der Waals surface area contributed by atoms with Gasteiger partial charge < -0.3 is 25.0 Å². The van der Waals surface area contributed by atoms with Crippen molar-refractivity contribution >= 4 is 45.5 Å². The van der Waals surface area contributed by atoms with E-state index >= 15 is 0 Å². The maximum absolute atomic E-state index is 13.4. The molecule has 12 nitrogen and oxygen atoms in total. The molecule has 0 heterocycles. The number of carbonyl (C=O) groups excluding carboxylic acids is 4. The number of esters is 1. The Morgan fingerprint density at radius 2 is 1.81 bits per heavy atom. The number of hydrogen-bond acceptors (Lipinski definition) is 8. The molecule has 236 valence electrons. The van der Waals surface area contributed by atoms with Gasteiger partial charge in [0, 0.05) is 31.6 Å². The van der Waals surface area contributed by atoms with Crippen molar-refractivity contribution in [1.82, 2.24) is 20.3 Å². The van der Waals surface area contributed by atoms with Crippen molar-refractivity contribution in [2.75, 3.05) is 33.0 Å². The second-order valence-corrected chi connectivity index (χ2v) is 12.9. The quantitative estimate of drug-likeness (QED) is 0.235. The minimum atomic E-state index is -3.38. The third-order valence-electron chi connectivity index (χ3n) is 7.19. The number of alkyl carbamates (subject to hydrolysis) is 1. The number of nitrogens with zero attached hydrogens (tertiary/aromatic N) is 1. The molecule has 14 heteroatoms. The van der Waals surface area contributed by atoms with Crippen LogP contribution in [0.15, 0.2) is 24.3 Å². The molecule has 2 rings (SSSR count). The Bertz CT molecular complexity index is 1160. The van der Waals surface area contributed by atoms with Gasteiger partial charge in [0.15, 0.2) is 0 Å². The van der Waals surface area contributed by atoms with E-state index < -0.39 is 40.1 Å². The first kappa shape index (κ1) is 35.3. The van der Waals surface area contributed by atoms with E-state index in [4.69, 9.17) is 21.1 Å². The molecule has 2 atom stereocenters. The predicted octanol–water partition coefficient (Wildman–Crippen LogP) is 2.74. The maximum atomic E-state index is 13.4. The average molecular weight is 631 g/mol. The topological polar surface area (TPSA) is 160 Å². The number of nitrogens with one attached hydrogen (secondary N) is 3. The standard InChI is InChI=1S/C28H43ClN4O8S/c1-4-42(38,39)30-15-16-33(2)25(34)14-13-23(27(36)40-3)31-26(35)24(18-20-9-6-5-7-10-20)32-28(37)41-19-21-11-8-12-22(29)17-21/h8,11-12,17,20,23-24,30H,4-7,9-10,13-16,18-19H2,1-3H3,(H,31,35)(H,32,37)/t23-,24-/m0/s1. The van der Waals surface area contributed by atoms with Gasteiger partial charge in [0.2, 0.25) is 21.8 Å². The molecule has 3 N–H and O–H groups in total. The van der Waals surface area contributed by atoms with Crippen molar-refractivity contribution in [3.63, 3.8) is 0 Å². The lowest BCUT2D eigenvalue weighted by molar-refractivity contribution is -0.145. The number of halogens is 1. The summed E-state index contributed by atoms with van der Waals surface area (Å²) in [6.07, 6.45) is 4.52. The number of ether oxygens (including phenoxy) is 2. The van der Waals surface area contributed by atoms with Gasteiger partial charge in [-0.05, 0) is 43.4 Å². The van der Waals surface area contributed by atoms with Crippen LogP contribution >= 0.6 is 11.6 Å². The van der Waals surface area contributed by atoms with Gasteiger partial charge in [-0.1, -0.05) is 55.8 Å².